The van der Waals surface area contributed by atoms with E-state index >= 15 is 0 Å². The molecule has 2 N–H and O–H groups in total. The van der Waals surface area contributed by atoms with Gasteiger partial charge in [-0.25, -0.2) is 4.79 Å². The minimum absolute atomic E-state index is 0.0509. The molecule has 0 aromatic rings. The smallest absolute Gasteiger partial charge is 0.317 e. The van der Waals surface area contributed by atoms with Crippen LogP contribution in [0.5, 0.6) is 0 Å². The highest BCUT2D eigenvalue weighted by atomic mass is 16.4. The van der Waals surface area contributed by atoms with Gasteiger partial charge in [0, 0.05) is 25.6 Å². The van der Waals surface area contributed by atoms with Crippen LogP contribution < -0.4 is 5.32 Å². The SMILES string of the molecule is CC(C)(C)CNC(=O)N1CCCCC1CCC(=O)O. The van der Waals surface area contributed by atoms with Crippen LogP contribution >= 0.6 is 0 Å². The van der Waals surface area contributed by atoms with E-state index in [4.69, 9.17) is 5.11 Å². The summed E-state index contributed by atoms with van der Waals surface area (Å²) in [7, 11) is 0. The number of carbonyl (C=O) groups excluding carboxylic acids is 1. The summed E-state index contributed by atoms with van der Waals surface area (Å²) in [6.45, 7) is 7.59. The largest absolute Gasteiger partial charge is 0.481 e. The van der Waals surface area contributed by atoms with Gasteiger partial charge in [0.25, 0.3) is 0 Å². The Morgan fingerprint density at radius 3 is 2.58 bits per heavy atom. The number of piperidine rings is 1. The first-order valence-electron chi connectivity index (χ1n) is 7.06. The average molecular weight is 270 g/mol. The van der Waals surface area contributed by atoms with E-state index < -0.39 is 5.97 Å². The van der Waals surface area contributed by atoms with E-state index in [-0.39, 0.29) is 23.9 Å². The molecule has 5 heteroatoms. The van der Waals surface area contributed by atoms with E-state index in [1.807, 2.05) is 4.90 Å². The molecule has 1 aliphatic rings. The molecule has 19 heavy (non-hydrogen) atoms. The summed E-state index contributed by atoms with van der Waals surface area (Å²) in [6, 6.07) is 0.0230. The zero-order chi connectivity index (χ0) is 14.5. The Kier molecular flexibility index (Phi) is 5.63. The van der Waals surface area contributed by atoms with Crippen LogP contribution in [0.4, 0.5) is 4.79 Å². The minimum Gasteiger partial charge on any atom is -0.481 e. The van der Waals surface area contributed by atoms with Crippen LogP contribution in [0.25, 0.3) is 0 Å². The van der Waals surface area contributed by atoms with E-state index in [1.165, 1.54) is 0 Å². The number of carbonyl (C=O) groups is 2. The van der Waals surface area contributed by atoms with Crippen LogP contribution in [0.15, 0.2) is 0 Å². The molecule has 0 aliphatic carbocycles. The van der Waals surface area contributed by atoms with Gasteiger partial charge in [-0.05, 0) is 31.1 Å². The summed E-state index contributed by atoms with van der Waals surface area (Å²) in [5, 5.41) is 11.7. The number of nitrogens with one attached hydrogen (secondary N) is 1. The Balaban J connectivity index is 2.50. The highest BCUT2D eigenvalue weighted by Gasteiger charge is 2.27. The first-order chi connectivity index (χ1) is 8.79. The van der Waals surface area contributed by atoms with Crippen molar-refractivity contribution in [2.45, 2.75) is 58.9 Å². The fourth-order valence-corrected chi connectivity index (χ4v) is 2.30. The summed E-state index contributed by atoms with van der Waals surface area (Å²) in [4.78, 5) is 24.6. The van der Waals surface area contributed by atoms with Gasteiger partial charge in [0.1, 0.15) is 0 Å². The number of amides is 2. The predicted octanol–water partition coefficient (Wildman–Crippen LogP) is 2.46. The van der Waals surface area contributed by atoms with Gasteiger partial charge in [-0.15, -0.1) is 0 Å². The van der Waals surface area contributed by atoms with Crippen LogP contribution in [-0.4, -0.2) is 41.1 Å². The topological polar surface area (TPSA) is 69.6 Å². The summed E-state index contributed by atoms with van der Waals surface area (Å²) in [5.41, 5.74) is 0.0575. The van der Waals surface area contributed by atoms with E-state index in [1.54, 1.807) is 0 Å². The number of carboxylic acid groups (broad SMARTS) is 1. The Hall–Kier alpha value is -1.26. The Bertz CT molecular complexity index is 323. The van der Waals surface area contributed by atoms with Gasteiger partial charge in [-0.3, -0.25) is 4.79 Å². The number of urea groups is 1. The first-order valence-corrected chi connectivity index (χ1v) is 7.06. The molecule has 0 aromatic heterocycles. The van der Waals surface area contributed by atoms with Crippen molar-refractivity contribution in [1.29, 1.82) is 0 Å². The van der Waals surface area contributed by atoms with Gasteiger partial charge in [0.15, 0.2) is 0 Å². The number of hydrogen-bond donors (Lipinski definition) is 2. The van der Waals surface area contributed by atoms with Gasteiger partial charge in [0.2, 0.25) is 0 Å². The molecule has 0 radical (unpaired) electrons. The second kappa shape index (κ2) is 6.78. The van der Waals surface area contributed by atoms with Gasteiger partial charge in [0.05, 0.1) is 0 Å². The van der Waals surface area contributed by atoms with E-state index in [0.29, 0.717) is 13.0 Å². The van der Waals surface area contributed by atoms with Gasteiger partial charge >= 0.3 is 12.0 Å². The molecular formula is C14H26N2O3. The van der Waals surface area contributed by atoms with Crippen molar-refractivity contribution in [2.24, 2.45) is 5.41 Å². The maximum atomic E-state index is 12.2. The van der Waals surface area contributed by atoms with E-state index in [2.05, 4.69) is 26.1 Å². The van der Waals surface area contributed by atoms with E-state index in [0.717, 1.165) is 25.8 Å². The quantitative estimate of drug-likeness (QED) is 0.824. The van der Waals surface area contributed by atoms with E-state index in [9.17, 15) is 9.59 Å². The Morgan fingerprint density at radius 2 is 2.00 bits per heavy atom. The van der Waals surface area contributed by atoms with Crippen LogP contribution in [0.2, 0.25) is 0 Å². The van der Waals surface area contributed by atoms with Crippen LogP contribution in [0.3, 0.4) is 0 Å². The van der Waals surface area contributed by atoms with Gasteiger partial charge in [-0.2, -0.15) is 0 Å². The van der Waals surface area contributed by atoms with Crippen LogP contribution in [0.1, 0.15) is 52.9 Å². The summed E-state index contributed by atoms with van der Waals surface area (Å²) >= 11 is 0. The highest BCUT2D eigenvalue weighted by Crippen LogP contribution is 2.21. The summed E-state index contributed by atoms with van der Waals surface area (Å²) in [5.74, 6) is -0.791. The molecule has 0 bridgehead atoms. The molecule has 5 nitrogen and oxygen atoms in total. The van der Waals surface area contributed by atoms with Crippen molar-refractivity contribution in [2.75, 3.05) is 13.1 Å². The van der Waals surface area contributed by atoms with Crippen molar-refractivity contribution >= 4 is 12.0 Å². The maximum absolute atomic E-state index is 12.2. The molecule has 1 rings (SSSR count). The lowest BCUT2D eigenvalue weighted by atomic mass is 9.96. The van der Waals surface area contributed by atoms with Crippen molar-refractivity contribution < 1.29 is 14.7 Å². The summed E-state index contributed by atoms with van der Waals surface area (Å²) in [6.07, 6.45) is 3.68. The maximum Gasteiger partial charge on any atom is 0.317 e. The van der Waals surface area contributed by atoms with Crippen molar-refractivity contribution in [3.05, 3.63) is 0 Å². The van der Waals surface area contributed by atoms with Crippen molar-refractivity contribution in [3.8, 4) is 0 Å². The minimum atomic E-state index is -0.791. The third-order valence-corrected chi connectivity index (χ3v) is 3.35. The lowest BCUT2D eigenvalue weighted by Crippen LogP contribution is -2.50. The van der Waals surface area contributed by atoms with Gasteiger partial charge in [-0.1, -0.05) is 20.8 Å². The lowest BCUT2D eigenvalue weighted by Gasteiger charge is -2.36. The average Bonchev–Trinajstić information content (AvgIpc) is 2.33. The monoisotopic (exact) mass is 270 g/mol. The number of nitrogens with zero attached hydrogens (tertiary/aromatic N) is 1. The zero-order valence-corrected chi connectivity index (χ0v) is 12.2. The molecule has 1 saturated heterocycles. The van der Waals surface area contributed by atoms with Crippen molar-refractivity contribution in [1.82, 2.24) is 10.2 Å². The number of rotatable bonds is 4. The number of aliphatic carboxylic acids is 1. The fourth-order valence-electron chi connectivity index (χ4n) is 2.30. The molecule has 0 aromatic carbocycles. The molecule has 1 atom stereocenters. The van der Waals surface area contributed by atoms with Crippen LogP contribution in [-0.2, 0) is 4.79 Å². The number of likely N-dealkylation sites (tertiary alicyclic amines) is 1. The lowest BCUT2D eigenvalue weighted by molar-refractivity contribution is -0.137. The Labute approximate surface area is 115 Å². The highest BCUT2D eigenvalue weighted by molar-refractivity contribution is 5.75. The molecule has 1 heterocycles. The molecule has 1 fully saturated rings. The standard InChI is InChI=1S/C14H26N2O3/c1-14(2,3)10-15-13(19)16-9-5-4-6-11(16)7-8-12(17)18/h11H,4-10H2,1-3H3,(H,15,19)(H,17,18). The van der Waals surface area contributed by atoms with Crippen LogP contribution in [0, 0.1) is 5.41 Å². The third-order valence-electron chi connectivity index (χ3n) is 3.35. The number of hydrogen-bond acceptors (Lipinski definition) is 2. The zero-order valence-electron chi connectivity index (χ0n) is 12.2. The first kappa shape index (κ1) is 15.8. The Morgan fingerprint density at radius 1 is 1.32 bits per heavy atom. The molecule has 1 aliphatic heterocycles. The predicted molar refractivity (Wildman–Crippen MR) is 74.1 cm³/mol. The third kappa shape index (κ3) is 5.94. The molecular weight excluding hydrogens is 244 g/mol. The number of carboxylic acids is 1. The molecule has 110 valence electrons. The van der Waals surface area contributed by atoms with Crippen molar-refractivity contribution in [3.63, 3.8) is 0 Å². The fraction of sp³-hybridized carbons (Fsp3) is 0.857. The van der Waals surface area contributed by atoms with Gasteiger partial charge < -0.3 is 15.3 Å². The summed E-state index contributed by atoms with van der Waals surface area (Å²) < 4.78 is 0. The molecule has 2 amide bonds. The second-order valence-electron chi connectivity index (χ2n) is 6.49. The normalized spacial score (nSPS) is 20.2. The molecule has 0 saturated carbocycles. The second-order valence-corrected chi connectivity index (χ2v) is 6.49. The molecule has 0 spiro atoms. The molecule has 1 unspecified atom stereocenters.